The molecule has 1 rings (SSSR count). The molecule has 0 radical (unpaired) electrons. The number of hydrogen-bond donors (Lipinski definition) is 3. The topological polar surface area (TPSA) is 127 Å². The summed E-state index contributed by atoms with van der Waals surface area (Å²) < 4.78 is 22.1. The number of carboxylic acids is 1. The summed E-state index contributed by atoms with van der Waals surface area (Å²) >= 11 is 0. The van der Waals surface area contributed by atoms with Crippen LogP contribution in [-0.4, -0.2) is 25.4 Å². The molecule has 0 atom stereocenters. The van der Waals surface area contributed by atoms with Gasteiger partial charge in [-0.3, -0.25) is 9.59 Å². The Morgan fingerprint density at radius 2 is 1.75 bits per heavy atom. The number of primary sulfonamides is 1. The highest BCUT2D eigenvalue weighted by atomic mass is 32.2. The van der Waals surface area contributed by atoms with Crippen molar-refractivity contribution in [3.05, 3.63) is 29.8 Å². The summed E-state index contributed by atoms with van der Waals surface area (Å²) in [5, 5.41) is 16.0. The molecule has 0 aliphatic heterocycles. The SMILES string of the molecule is NS(=O)(=O)c1ccc(CNC(=O)CCCC(=O)O)cc1. The van der Waals surface area contributed by atoms with Gasteiger partial charge in [0.1, 0.15) is 0 Å². The summed E-state index contributed by atoms with van der Waals surface area (Å²) in [5.74, 6) is -1.18. The van der Waals surface area contributed by atoms with Crippen molar-refractivity contribution in [1.29, 1.82) is 0 Å². The third-order valence-electron chi connectivity index (χ3n) is 2.54. The van der Waals surface area contributed by atoms with E-state index in [0.29, 0.717) is 0 Å². The minimum Gasteiger partial charge on any atom is -0.481 e. The van der Waals surface area contributed by atoms with Crippen LogP contribution in [0.4, 0.5) is 0 Å². The highest BCUT2D eigenvalue weighted by molar-refractivity contribution is 7.89. The minimum absolute atomic E-state index is 0.00837. The molecule has 8 heteroatoms. The number of nitrogens with one attached hydrogen (secondary N) is 1. The molecular weight excluding hydrogens is 284 g/mol. The van der Waals surface area contributed by atoms with Gasteiger partial charge in [-0.25, -0.2) is 13.6 Å². The largest absolute Gasteiger partial charge is 0.481 e. The number of benzene rings is 1. The van der Waals surface area contributed by atoms with Crippen molar-refractivity contribution in [1.82, 2.24) is 5.32 Å². The lowest BCUT2D eigenvalue weighted by Gasteiger charge is -2.05. The molecule has 1 amide bonds. The predicted octanol–water partition coefficient (Wildman–Crippen LogP) is 0.205. The standard InChI is InChI=1S/C12H16N2O5S/c13-20(18,19)10-6-4-9(5-7-10)8-14-11(15)2-1-3-12(16)17/h4-7H,1-3,8H2,(H,14,15)(H,16,17)(H2,13,18,19). The maximum atomic E-state index is 11.4. The van der Waals surface area contributed by atoms with E-state index in [2.05, 4.69) is 5.32 Å². The van der Waals surface area contributed by atoms with Gasteiger partial charge in [-0.15, -0.1) is 0 Å². The first kappa shape index (κ1) is 16.1. The Bertz CT molecular complexity index is 580. The number of carboxylic acid groups (broad SMARTS) is 1. The van der Waals surface area contributed by atoms with Crippen LogP contribution in [0, 0.1) is 0 Å². The molecule has 20 heavy (non-hydrogen) atoms. The maximum Gasteiger partial charge on any atom is 0.303 e. The highest BCUT2D eigenvalue weighted by Gasteiger charge is 2.07. The van der Waals surface area contributed by atoms with Gasteiger partial charge in [0.2, 0.25) is 15.9 Å². The Balaban J connectivity index is 2.42. The Kier molecular flexibility index (Phi) is 5.66. The highest BCUT2D eigenvalue weighted by Crippen LogP contribution is 2.08. The summed E-state index contributed by atoms with van der Waals surface area (Å²) in [7, 11) is -3.71. The fourth-order valence-corrected chi connectivity index (χ4v) is 2.00. The summed E-state index contributed by atoms with van der Waals surface area (Å²) in [4.78, 5) is 21.7. The molecule has 0 heterocycles. The molecule has 0 saturated heterocycles. The van der Waals surface area contributed by atoms with Crippen molar-refractivity contribution < 1.29 is 23.1 Å². The van der Waals surface area contributed by atoms with Crippen LogP contribution in [0.1, 0.15) is 24.8 Å². The lowest BCUT2D eigenvalue weighted by atomic mass is 10.2. The number of nitrogens with two attached hydrogens (primary N) is 1. The number of sulfonamides is 1. The first-order valence-electron chi connectivity index (χ1n) is 5.89. The van der Waals surface area contributed by atoms with Gasteiger partial charge in [-0.05, 0) is 24.1 Å². The Hall–Kier alpha value is -1.93. The van der Waals surface area contributed by atoms with Crippen LogP contribution in [0.15, 0.2) is 29.2 Å². The average Bonchev–Trinajstić information content (AvgIpc) is 2.35. The van der Waals surface area contributed by atoms with Gasteiger partial charge in [-0.2, -0.15) is 0 Å². The summed E-state index contributed by atoms with van der Waals surface area (Å²) in [5.41, 5.74) is 0.726. The zero-order chi connectivity index (χ0) is 15.2. The third kappa shape index (κ3) is 5.81. The smallest absolute Gasteiger partial charge is 0.303 e. The molecule has 0 unspecified atom stereocenters. The van der Waals surface area contributed by atoms with Crippen molar-refractivity contribution >= 4 is 21.9 Å². The van der Waals surface area contributed by atoms with Gasteiger partial charge in [0.25, 0.3) is 0 Å². The van der Waals surface area contributed by atoms with Gasteiger partial charge in [0, 0.05) is 19.4 Å². The molecule has 1 aromatic carbocycles. The average molecular weight is 300 g/mol. The zero-order valence-corrected chi connectivity index (χ0v) is 11.5. The predicted molar refractivity (Wildman–Crippen MR) is 71.1 cm³/mol. The number of aliphatic carboxylic acids is 1. The van der Waals surface area contributed by atoms with Crippen molar-refractivity contribution in [3.8, 4) is 0 Å². The number of carbonyl (C=O) groups is 2. The van der Waals surface area contributed by atoms with Gasteiger partial charge < -0.3 is 10.4 Å². The molecular formula is C12H16N2O5S. The molecule has 7 nitrogen and oxygen atoms in total. The van der Waals surface area contributed by atoms with Crippen molar-refractivity contribution in [2.75, 3.05) is 0 Å². The van der Waals surface area contributed by atoms with Gasteiger partial charge in [0.05, 0.1) is 4.90 Å². The lowest BCUT2D eigenvalue weighted by Crippen LogP contribution is -2.22. The minimum atomic E-state index is -3.71. The Labute approximate surface area is 116 Å². The van der Waals surface area contributed by atoms with Crippen LogP contribution in [0.3, 0.4) is 0 Å². The second-order valence-electron chi connectivity index (χ2n) is 4.21. The van der Waals surface area contributed by atoms with E-state index in [1.54, 1.807) is 12.1 Å². The summed E-state index contributed by atoms with van der Waals surface area (Å²) in [6.07, 6.45) is 0.379. The molecule has 1 aromatic rings. The number of hydrogen-bond acceptors (Lipinski definition) is 4. The van der Waals surface area contributed by atoms with Crippen LogP contribution < -0.4 is 10.5 Å². The third-order valence-corrected chi connectivity index (χ3v) is 3.47. The van der Waals surface area contributed by atoms with Crippen molar-refractivity contribution in [3.63, 3.8) is 0 Å². The fourth-order valence-electron chi connectivity index (χ4n) is 1.49. The van der Waals surface area contributed by atoms with E-state index in [4.69, 9.17) is 10.2 Å². The van der Waals surface area contributed by atoms with Gasteiger partial charge in [0.15, 0.2) is 0 Å². The first-order valence-corrected chi connectivity index (χ1v) is 7.44. The van der Waals surface area contributed by atoms with E-state index in [-0.39, 0.29) is 36.6 Å². The molecule has 0 fully saturated rings. The zero-order valence-electron chi connectivity index (χ0n) is 10.7. The maximum absolute atomic E-state index is 11.4. The Morgan fingerprint density at radius 1 is 1.15 bits per heavy atom. The first-order chi connectivity index (χ1) is 9.29. The molecule has 0 bridgehead atoms. The molecule has 0 aliphatic carbocycles. The molecule has 0 aliphatic rings. The fraction of sp³-hybridized carbons (Fsp3) is 0.333. The molecule has 0 saturated carbocycles. The van der Waals surface area contributed by atoms with E-state index in [1.165, 1.54) is 12.1 Å². The number of amides is 1. The lowest BCUT2D eigenvalue weighted by molar-refractivity contribution is -0.137. The van der Waals surface area contributed by atoms with E-state index in [9.17, 15) is 18.0 Å². The quantitative estimate of drug-likeness (QED) is 0.663. The van der Waals surface area contributed by atoms with Crippen LogP contribution in [0.2, 0.25) is 0 Å². The molecule has 110 valence electrons. The van der Waals surface area contributed by atoms with Gasteiger partial charge in [-0.1, -0.05) is 12.1 Å². The van der Waals surface area contributed by atoms with E-state index < -0.39 is 16.0 Å². The molecule has 0 spiro atoms. The van der Waals surface area contributed by atoms with E-state index in [1.807, 2.05) is 0 Å². The van der Waals surface area contributed by atoms with Crippen LogP contribution in [-0.2, 0) is 26.2 Å². The summed E-state index contributed by atoms with van der Waals surface area (Å²) in [6.45, 7) is 0.247. The normalized spacial score (nSPS) is 11.1. The number of rotatable bonds is 7. The van der Waals surface area contributed by atoms with E-state index in [0.717, 1.165) is 5.56 Å². The second kappa shape index (κ2) is 7.01. The van der Waals surface area contributed by atoms with E-state index >= 15 is 0 Å². The Morgan fingerprint density at radius 3 is 2.25 bits per heavy atom. The van der Waals surface area contributed by atoms with Crippen LogP contribution >= 0.6 is 0 Å². The monoisotopic (exact) mass is 300 g/mol. The second-order valence-corrected chi connectivity index (χ2v) is 5.77. The molecule has 4 N–H and O–H groups in total. The van der Waals surface area contributed by atoms with Gasteiger partial charge >= 0.3 is 5.97 Å². The summed E-state index contributed by atoms with van der Waals surface area (Å²) in [6, 6.07) is 5.83. The van der Waals surface area contributed by atoms with Crippen molar-refractivity contribution in [2.45, 2.75) is 30.7 Å². The van der Waals surface area contributed by atoms with Crippen molar-refractivity contribution in [2.24, 2.45) is 5.14 Å². The number of carbonyl (C=O) groups excluding carboxylic acids is 1. The molecule has 0 aromatic heterocycles. The van der Waals surface area contributed by atoms with Crippen LogP contribution in [0.5, 0.6) is 0 Å². The van der Waals surface area contributed by atoms with Crippen LogP contribution in [0.25, 0.3) is 0 Å².